The predicted octanol–water partition coefficient (Wildman–Crippen LogP) is 1.04. The molecule has 0 aliphatic heterocycles. The van der Waals surface area contributed by atoms with Crippen molar-refractivity contribution >= 4 is 28.8 Å². The second kappa shape index (κ2) is 8.76. The smallest absolute Gasteiger partial charge is 0.351 e. The van der Waals surface area contributed by atoms with Gasteiger partial charge in [0.1, 0.15) is 5.52 Å². The Hall–Kier alpha value is -3.75. The maximum Gasteiger partial charge on any atom is 0.351 e. The van der Waals surface area contributed by atoms with Crippen molar-refractivity contribution in [2.45, 2.75) is 13.1 Å². The van der Waals surface area contributed by atoms with Crippen LogP contribution in [0.25, 0.3) is 11.0 Å². The Morgan fingerprint density at radius 3 is 2.54 bits per heavy atom. The summed E-state index contributed by atoms with van der Waals surface area (Å²) in [5.74, 6) is -1.64. The molecule has 3 aromatic rings. The van der Waals surface area contributed by atoms with Crippen LogP contribution in [0, 0.1) is 0 Å². The Labute approximate surface area is 160 Å². The van der Waals surface area contributed by atoms with E-state index in [1.54, 1.807) is 61.5 Å². The van der Waals surface area contributed by atoms with Crippen molar-refractivity contribution < 1.29 is 19.1 Å². The van der Waals surface area contributed by atoms with Gasteiger partial charge in [0.25, 0.3) is 5.91 Å². The molecular formula is C19H19N5O4. The summed E-state index contributed by atoms with van der Waals surface area (Å²) in [6.45, 7) is 1.50. The Morgan fingerprint density at radius 2 is 1.79 bits per heavy atom. The van der Waals surface area contributed by atoms with Gasteiger partial charge in [-0.3, -0.25) is 9.59 Å². The minimum absolute atomic E-state index is 0.141. The summed E-state index contributed by atoms with van der Waals surface area (Å²) in [6, 6.07) is 15.5. The van der Waals surface area contributed by atoms with E-state index in [1.165, 1.54) is 4.68 Å². The highest BCUT2D eigenvalue weighted by Gasteiger charge is 2.27. The van der Waals surface area contributed by atoms with Crippen LogP contribution in [0.1, 0.15) is 23.4 Å². The number of fused-ring (bicyclic) bond motifs is 1. The minimum Gasteiger partial charge on any atom is -0.463 e. The summed E-state index contributed by atoms with van der Waals surface area (Å²) < 4.78 is 6.32. The molecule has 0 aliphatic carbocycles. The van der Waals surface area contributed by atoms with Gasteiger partial charge < -0.3 is 15.4 Å². The van der Waals surface area contributed by atoms with Crippen molar-refractivity contribution in [2.24, 2.45) is 0 Å². The van der Waals surface area contributed by atoms with Crippen molar-refractivity contribution in [1.29, 1.82) is 0 Å². The fourth-order valence-electron chi connectivity index (χ4n) is 2.57. The topological polar surface area (TPSA) is 115 Å². The summed E-state index contributed by atoms with van der Waals surface area (Å²) in [6.07, 6.45) is -1.20. The van der Waals surface area contributed by atoms with Gasteiger partial charge in [-0.1, -0.05) is 35.5 Å². The Balaban J connectivity index is 1.72. The molecule has 0 spiro atoms. The van der Waals surface area contributed by atoms with Crippen LogP contribution in [0.5, 0.6) is 0 Å². The number of hydrogen-bond acceptors (Lipinski definition) is 6. The number of rotatable bonds is 7. The van der Waals surface area contributed by atoms with E-state index in [1.807, 2.05) is 0 Å². The molecule has 28 heavy (non-hydrogen) atoms. The molecule has 1 unspecified atom stereocenters. The number of para-hydroxylation sites is 1. The number of esters is 1. The third-order valence-corrected chi connectivity index (χ3v) is 3.87. The van der Waals surface area contributed by atoms with Gasteiger partial charge in [-0.2, -0.15) is 0 Å². The van der Waals surface area contributed by atoms with Crippen molar-refractivity contribution in [2.75, 3.05) is 13.2 Å². The highest BCUT2D eigenvalue weighted by Crippen LogP contribution is 2.15. The molecule has 144 valence electrons. The largest absolute Gasteiger partial charge is 0.463 e. The number of amides is 2. The normalized spacial score (nSPS) is 11.6. The molecule has 0 saturated carbocycles. The second-order valence-corrected chi connectivity index (χ2v) is 5.79. The zero-order valence-electron chi connectivity index (χ0n) is 15.2. The molecule has 1 atom stereocenters. The van der Waals surface area contributed by atoms with Crippen LogP contribution in [-0.4, -0.2) is 45.9 Å². The molecule has 9 heteroatoms. The highest BCUT2D eigenvalue weighted by molar-refractivity contribution is 5.96. The molecule has 0 bridgehead atoms. The van der Waals surface area contributed by atoms with Gasteiger partial charge in [-0.25, -0.2) is 9.48 Å². The maximum absolute atomic E-state index is 12.4. The van der Waals surface area contributed by atoms with Crippen molar-refractivity contribution in [3.8, 4) is 0 Å². The van der Waals surface area contributed by atoms with Crippen LogP contribution < -0.4 is 10.6 Å². The lowest BCUT2D eigenvalue weighted by Gasteiger charge is -2.18. The van der Waals surface area contributed by atoms with E-state index in [9.17, 15) is 14.4 Å². The number of carbonyl (C=O) groups is 3. The lowest BCUT2D eigenvalue weighted by molar-refractivity contribution is -0.150. The van der Waals surface area contributed by atoms with Gasteiger partial charge in [0, 0.05) is 5.56 Å². The maximum atomic E-state index is 12.4. The van der Waals surface area contributed by atoms with Crippen LogP contribution in [-0.2, 0) is 14.3 Å². The molecule has 1 aromatic heterocycles. The molecule has 3 rings (SSSR count). The Bertz CT molecular complexity index is 986. The molecule has 9 nitrogen and oxygen atoms in total. The van der Waals surface area contributed by atoms with Crippen LogP contribution >= 0.6 is 0 Å². The summed E-state index contributed by atoms with van der Waals surface area (Å²) in [5.41, 5.74) is 1.57. The summed E-state index contributed by atoms with van der Waals surface area (Å²) in [4.78, 5) is 36.8. The monoisotopic (exact) mass is 381 g/mol. The molecule has 2 aromatic carbocycles. The Kier molecular flexibility index (Phi) is 5.95. The zero-order valence-corrected chi connectivity index (χ0v) is 15.2. The van der Waals surface area contributed by atoms with Crippen LogP contribution in [0.3, 0.4) is 0 Å². The highest BCUT2D eigenvalue weighted by atomic mass is 16.5. The molecule has 1 heterocycles. The molecule has 0 aliphatic rings. The summed E-state index contributed by atoms with van der Waals surface area (Å²) in [5, 5.41) is 13.0. The fourth-order valence-corrected chi connectivity index (χ4v) is 2.57. The number of hydrogen-bond donors (Lipinski definition) is 2. The first kappa shape index (κ1) is 19.0. The minimum atomic E-state index is -1.20. The fraction of sp³-hybridized carbons (Fsp3) is 0.211. The third-order valence-electron chi connectivity index (χ3n) is 3.87. The summed E-state index contributed by atoms with van der Waals surface area (Å²) in [7, 11) is 0. The van der Waals surface area contributed by atoms with Crippen LogP contribution in [0.4, 0.5) is 0 Å². The molecule has 2 amide bonds. The van der Waals surface area contributed by atoms with E-state index < -0.39 is 23.9 Å². The van der Waals surface area contributed by atoms with E-state index in [0.717, 1.165) is 0 Å². The number of aromatic nitrogens is 3. The lowest BCUT2D eigenvalue weighted by atomic mass is 10.2. The van der Waals surface area contributed by atoms with E-state index in [-0.39, 0.29) is 13.2 Å². The van der Waals surface area contributed by atoms with E-state index in [0.29, 0.717) is 16.6 Å². The number of ether oxygens (including phenoxy) is 1. The van der Waals surface area contributed by atoms with Gasteiger partial charge in [-0.05, 0) is 31.2 Å². The number of carbonyl (C=O) groups excluding carboxylic acids is 3. The molecule has 0 fully saturated rings. The number of nitrogens with one attached hydrogen (secondary N) is 2. The van der Waals surface area contributed by atoms with E-state index in [2.05, 4.69) is 20.9 Å². The van der Waals surface area contributed by atoms with Gasteiger partial charge in [0.2, 0.25) is 12.1 Å². The predicted molar refractivity (Wildman–Crippen MR) is 100 cm³/mol. The molecule has 0 radical (unpaired) electrons. The summed E-state index contributed by atoms with van der Waals surface area (Å²) >= 11 is 0. The van der Waals surface area contributed by atoms with Gasteiger partial charge in [-0.15, -0.1) is 5.10 Å². The average Bonchev–Trinajstić information content (AvgIpc) is 3.15. The van der Waals surface area contributed by atoms with Gasteiger partial charge in [0.15, 0.2) is 0 Å². The first-order chi connectivity index (χ1) is 13.6. The first-order valence-corrected chi connectivity index (χ1v) is 8.69. The standard InChI is InChI=1S/C19H19N5O4/c1-2-28-19(27)17(24-15-11-7-6-10-14(15)22-23-24)21-16(25)12-20-18(26)13-8-4-3-5-9-13/h3-11,17H,2,12H2,1H3,(H,20,26)(H,21,25). The number of benzene rings is 2. The second-order valence-electron chi connectivity index (χ2n) is 5.79. The Morgan fingerprint density at radius 1 is 1.07 bits per heavy atom. The molecular weight excluding hydrogens is 362 g/mol. The SMILES string of the molecule is CCOC(=O)C(NC(=O)CNC(=O)c1ccccc1)n1nnc2ccccc21. The van der Waals surface area contributed by atoms with Crippen LogP contribution in [0.2, 0.25) is 0 Å². The first-order valence-electron chi connectivity index (χ1n) is 8.69. The molecule has 0 saturated heterocycles. The lowest BCUT2D eigenvalue weighted by Crippen LogP contribution is -2.44. The van der Waals surface area contributed by atoms with Crippen molar-refractivity contribution in [1.82, 2.24) is 25.6 Å². The van der Waals surface area contributed by atoms with Crippen molar-refractivity contribution in [3.05, 3.63) is 60.2 Å². The third kappa shape index (κ3) is 4.32. The quantitative estimate of drug-likeness (QED) is 0.591. The van der Waals surface area contributed by atoms with Crippen molar-refractivity contribution in [3.63, 3.8) is 0 Å². The van der Waals surface area contributed by atoms with Crippen LogP contribution in [0.15, 0.2) is 54.6 Å². The van der Waals surface area contributed by atoms with E-state index in [4.69, 9.17) is 4.74 Å². The van der Waals surface area contributed by atoms with Gasteiger partial charge >= 0.3 is 5.97 Å². The average molecular weight is 381 g/mol. The molecule has 2 N–H and O–H groups in total. The number of nitrogens with zero attached hydrogens (tertiary/aromatic N) is 3. The van der Waals surface area contributed by atoms with E-state index >= 15 is 0 Å². The van der Waals surface area contributed by atoms with Gasteiger partial charge in [0.05, 0.1) is 18.7 Å². The zero-order chi connectivity index (χ0) is 19.9.